The third-order valence-electron chi connectivity index (χ3n) is 2.93. The van der Waals surface area contributed by atoms with Crippen LogP contribution in [-0.2, 0) is 15.6 Å². The highest BCUT2D eigenvalue weighted by Crippen LogP contribution is 2.18. The number of hydrogen-bond donors (Lipinski definition) is 1. The number of benzene rings is 2. The van der Waals surface area contributed by atoms with E-state index in [-0.39, 0.29) is 10.9 Å². The Kier molecular flexibility index (Phi) is 3.02. The van der Waals surface area contributed by atoms with Gasteiger partial charge in [-0.05, 0) is 29.8 Å². The molecule has 1 heterocycles. The molecular formula is C14H11FN2O2S. The smallest absolute Gasteiger partial charge is 0.226 e. The molecule has 0 fully saturated rings. The maximum absolute atomic E-state index is 12.8. The van der Waals surface area contributed by atoms with E-state index in [2.05, 4.69) is 9.97 Å². The molecular weight excluding hydrogens is 279 g/mol. The topological polar surface area (TPSA) is 62.8 Å². The zero-order valence-electron chi connectivity index (χ0n) is 10.4. The number of halogens is 1. The van der Waals surface area contributed by atoms with Gasteiger partial charge in [0.1, 0.15) is 5.82 Å². The third kappa shape index (κ3) is 2.42. The van der Waals surface area contributed by atoms with Gasteiger partial charge < -0.3 is 4.98 Å². The predicted octanol–water partition coefficient (Wildman–Crippen LogP) is 2.68. The van der Waals surface area contributed by atoms with E-state index in [1.807, 2.05) is 0 Å². The van der Waals surface area contributed by atoms with Gasteiger partial charge in [-0.2, -0.15) is 0 Å². The highest BCUT2D eigenvalue weighted by Gasteiger charge is 2.19. The van der Waals surface area contributed by atoms with Crippen LogP contribution in [0.1, 0.15) is 5.56 Å². The minimum atomic E-state index is -3.58. The second-order valence-electron chi connectivity index (χ2n) is 4.44. The van der Waals surface area contributed by atoms with Crippen molar-refractivity contribution in [2.24, 2.45) is 0 Å². The van der Waals surface area contributed by atoms with Gasteiger partial charge in [-0.15, -0.1) is 0 Å². The van der Waals surface area contributed by atoms with Crippen LogP contribution in [0.2, 0.25) is 0 Å². The fraction of sp³-hybridized carbons (Fsp3) is 0.0714. The van der Waals surface area contributed by atoms with E-state index in [0.29, 0.717) is 16.6 Å². The summed E-state index contributed by atoms with van der Waals surface area (Å²) in [5.41, 5.74) is 1.79. The molecule has 0 unspecified atom stereocenters. The number of sulfone groups is 1. The van der Waals surface area contributed by atoms with E-state index in [4.69, 9.17) is 0 Å². The molecule has 0 radical (unpaired) electrons. The first-order chi connectivity index (χ1) is 9.54. The lowest BCUT2D eigenvalue weighted by Crippen LogP contribution is -2.06. The van der Waals surface area contributed by atoms with Crippen LogP contribution in [0.4, 0.5) is 4.39 Å². The van der Waals surface area contributed by atoms with Crippen LogP contribution in [0, 0.1) is 5.82 Å². The zero-order valence-corrected chi connectivity index (χ0v) is 11.2. The number of nitrogens with zero attached hydrogens (tertiary/aromatic N) is 1. The quantitative estimate of drug-likeness (QED) is 0.806. The van der Waals surface area contributed by atoms with Crippen LogP contribution in [-0.4, -0.2) is 18.4 Å². The number of fused-ring (bicyclic) bond motifs is 1. The maximum Gasteiger partial charge on any atom is 0.226 e. The Morgan fingerprint density at radius 3 is 2.45 bits per heavy atom. The maximum atomic E-state index is 12.8. The van der Waals surface area contributed by atoms with Crippen molar-refractivity contribution in [1.29, 1.82) is 0 Å². The molecule has 0 bridgehead atoms. The van der Waals surface area contributed by atoms with Gasteiger partial charge in [0.05, 0.1) is 16.8 Å². The first kappa shape index (κ1) is 12.8. The zero-order chi connectivity index (χ0) is 14.2. The Labute approximate surface area is 115 Å². The van der Waals surface area contributed by atoms with E-state index in [9.17, 15) is 12.8 Å². The Morgan fingerprint density at radius 2 is 1.75 bits per heavy atom. The summed E-state index contributed by atoms with van der Waals surface area (Å²) in [6.45, 7) is 0. The van der Waals surface area contributed by atoms with Gasteiger partial charge in [0.2, 0.25) is 15.0 Å². The molecule has 1 N–H and O–H groups in total. The predicted molar refractivity (Wildman–Crippen MR) is 73.4 cm³/mol. The Morgan fingerprint density at radius 1 is 1.05 bits per heavy atom. The lowest BCUT2D eigenvalue weighted by molar-refractivity contribution is 0.588. The van der Waals surface area contributed by atoms with Gasteiger partial charge in [-0.25, -0.2) is 17.8 Å². The van der Waals surface area contributed by atoms with Crippen molar-refractivity contribution in [2.75, 3.05) is 0 Å². The molecule has 0 saturated carbocycles. The molecule has 2 aromatic carbocycles. The molecule has 6 heteroatoms. The Hall–Kier alpha value is -2.21. The molecule has 3 rings (SSSR count). The molecule has 0 saturated heterocycles. The molecule has 4 nitrogen and oxygen atoms in total. The lowest BCUT2D eigenvalue weighted by atomic mass is 10.2. The van der Waals surface area contributed by atoms with Crippen molar-refractivity contribution in [2.45, 2.75) is 10.9 Å². The second kappa shape index (κ2) is 4.72. The van der Waals surface area contributed by atoms with Gasteiger partial charge in [0.15, 0.2) is 0 Å². The first-order valence-electron chi connectivity index (χ1n) is 5.96. The molecule has 20 heavy (non-hydrogen) atoms. The van der Waals surface area contributed by atoms with Crippen molar-refractivity contribution in [3.05, 3.63) is 59.9 Å². The van der Waals surface area contributed by atoms with Crippen molar-refractivity contribution >= 4 is 20.9 Å². The van der Waals surface area contributed by atoms with Crippen LogP contribution >= 0.6 is 0 Å². The minimum Gasteiger partial charge on any atom is -0.329 e. The van der Waals surface area contributed by atoms with Gasteiger partial charge in [0.25, 0.3) is 0 Å². The molecule has 0 spiro atoms. The molecule has 0 atom stereocenters. The van der Waals surface area contributed by atoms with Gasteiger partial charge in [-0.3, -0.25) is 0 Å². The Balaban J connectivity index is 1.96. The fourth-order valence-corrected chi connectivity index (χ4v) is 3.22. The van der Waals surface area contributed by atoms with Crippen LogP contribution in [0.3, 0.4) is 0 Å². The van der Waals surface area contributed by atoms with Crippen molar-refractivity contribution in [3.63, 3.8) is 0 Å². The van der Waals surface area contributed by atoms with Gasteiger partial charge in [0, 0.05) is 0 Å². The molecule has 0 amide bonds. The SMILES string of the molecule is O=S(=O)(Cc1ccc(F)cc1)c1nc2ccccc2[nH]1. The summed E-state index contributed by atoms with van der Waals surface area (Å²) in [5, 5.41) is -0.0666. The minimum absolute atomic E-state index is 0.0666. The van der Waals surface area contributed by atoms with Gasteiger partial charge in [-0.1, -0.05) is 24.3 Å². The summed E-state index contributed by atoms with van der Waals surface area (Å²) in [6, 6.07) is 12.5. The fourth-order valence-electron chi connectivity index (χ4n) is 1.95. The number of H-pyrrole nitrogens is 1. The monoisotopic (exact) mass is 290 g/mol. The summed E-state index contributed by atoms with van der Waals surface area (Å²) in [4.78, 5) is 6.87. The first-order valence-corrected chi connectivity index (χ1v) is 7.62. The van der Waals surface area contributed by atoms with Crippen LogP contribution in [0.5, 0.6) is 0 Å². The van der Waals surface area contributed by atoms with Crippen LogP contribution < -0.4 is 0 Å². The van der Waals surface area contributed by atoms with Crippen LogP contribution in [0.15, 0.2) is 53.7 Å². The van der Waals surface area contributed by atoms with Crippen LogP contribution in [0.25, 0.3) is 11.0 Å². The number of rotatable bonds is 3. The van der Waals surface area contributed by atoms with Crippen molar-refractivity contribution in [3.8, 4) is 0 Å². The molecule has 0 aliphatic heterocycles. The highest BCUT2D eigenvalue weighted by atomic mass is 32.2. The lowest BCUT2D eigenvalue weighted by Gasteiger charge is -2.01. The number of nitrogens with one attached hydrogen (secondary N) is 1. The molecule has 0 aliphatic carbocycles. The third-order valence-corrected chi connectivity index (χ3v) is 4.43. The van der Waals surface area contributed by atoms with E-state index < -0.39 is 15.7 Å². The summed E-state index contributed by atoms with van der Waals surface area (Å²) in [6.07, 6.45) is 0. The number of para-hydroxylation sites is 2. The average Bonchev–Trinajstić information content (AvgIpc) is 2.86. The summed E-state index contributed by atoms with van der Waals surface area (Å²) < 4.78 is 37.4. The summed E-state index contributed by atoms with van der Waals surface area (Å²) >= 11 is 0. The molecule has 0 aliphatic rings. The number of hydrogen-bond acceptors (Lipinski definition) is 3. The highest BCUT2D eigenvalue weighted by molar-refractivity contribution is 7.90. The number of imidazole rings is 1. The van der Waals surface area contributed by atoms with Crippen molar-refractivity contribution < 1.29 is 12.8 Å². The molecule has 3 aromatic rings. The van der Waals surface area contributed by atoms with Gasteiger partial charge >= 0.3 is 0 Å². The Bertz CT molecular complexity index is 821. The largest absolute Gasteiger partial charge is 0.329 e. The number of aromatic nitrogens is 2. The summed E-state index contributed by atoms with van der Waals surface area (Å²) in [7, 11) is -3.58. The van der Waals surface area contributed by atoms with E-state index in [1.54, 1.807) is 24.3 Å². The van der Waals surface area contributed by atoms with E-state index in [1.165, 1.54) is 24.3 Å². The average molecular weight is 290 g/mol. The van der Waals surface area contributed by atoms with E-state index in [0.717, 1.165) is 0 Å². The van der Waals surface area contributed by atoms with Crippen molar-refractivity contribution in [1.82, 2.24) is 9.97 Å². The summed E-state index contributed by atoms with van der Waals surface area (Å²) in [5.74, 6) is -0.609. The molecule has 1 aromatic heterocycles. The van der Waals surface area contributed by atoms with E-state index >= 15 is 0 Å². The number of aromatic amines is 1. The molecule has 102 valence electrons. The standard InChI is InChI=1S/C14H11FN2O2S/c15-11-7-5-10(6-8-11)9-20(18,19)14-16-12-3-1-2-4-13(12)17-14/h1-8H,9H2,(H,16,17). The second-order valence-corrected chi connectivity index (χ2v) is 6.35. The normalized spacial score (nSPS) is 11.8.